The van der Waals surface area contributed by atoms with Crippen LogP contribution in [0.2, 0.25) is 5.02 Å². The number of hydrogen-bond donors (Lipinski definition) is 1. The van der Waals surface area contributed by atoms with Crippen molar-refractivity contribution in [3.8, 4) is 11.4 Å². The van der Waals surface area contributed by atoms with Gasteiger partial charge in [0.15, 0.2) is 0 Å². The Morgan fingerprint density at radius 1 is 1.12 bits per heavy atom. The average Bonchev–Trinajstić information content (AvgIpc) is 3.09. The number of nitrogens with zero attached hydrogens (tertiary/aromatic N) is 2. The lowest BCUT2D eigenvalue weighted by Gasteiger charge is -2.18. The van der Waals surface area contributed by atoms with Crippen LogP contribution in [-0.2, 0) is 0 Å². The molecule has 0 saturated heterocycles. The SMILES string of the molecule is CC(C)C(NC(=O)c1cccc(Cl)c1)c1nc(-c2ccccc2)no1. The van der Waals surface area contributed by atoms with Crippen molar-refractivity contribution in [2.45, 2.75) is 19.9 Å². The van der Waals surface area contributed by atoms with E-state index in [4.69, 9.17) is 16.1 Å². The molecule has 1 heterocycles. The number of amides is 1. The van der Waals surface area contributed by atoms with Crippen LogP contribution in [0.5, 0.6) is 0 Å². The van der Waals surface area contributed by atoms with Gasteiger partial charge < -0.3 is 9.84 Å². The number of hydrogen-bond acceptors (Lipinski definition) is 4. The molecule has 3 rings (SSSR count). The summed E-state index contributed by atoms with van der Waals surface area (Å²) in [6.07, 6.45) is 0. The predicted octanol–water partition coefficient (Wildman–Crippen LogP) is 4.52. The smallest absolute Gasteiger partial charge is 0.251 e. The second-order valence-corrected chi connectivity index (χ2v) is 6.46. The van der Waals surface area contributed by atoms with Crippen LogP contribution in [-0.4, -0.2) is 16.0 Å². The minimum Gasteiger partial charge on any atom is -0.340 e. The summed E-state index contributed by atoms with van der Waals surface area (Å²) in [7, 11) is 0. The van der Waals surface area contributed by atoms with Gasteiger partial charge in [-0.25, -0.2) is 0 Å². The molecule has 0 aliphatic rings. The van der Waals surface area contributed by atoms with E-state index in [-0.39, 0.29) is 11.8 Å². The summed E-state index contributed by atoms with van der Waals surface area (Å²) in [5.74, 6) is 0.718. The number of carbonyl (C=O) groups excluding carboxylic acids is 1. The molecule has 25 heavy (non-hydrogen) atoms. The summed E-state index contributed by atoms with van der Waals surface area (Å²) in [4.78, 5) is 17.0. The average molecular weight is 356 g/mol. The van der Waals surface area contributed by atoms with Gasteiger partial charge in [0, 0.05) is 16.1 Å². The number of halogens is 1. The van der Waals surface area contributed by atoms with E-state index < -0.39 is 6.04 Å². The number of aromatic nitrogens is 2. The lowest BCUT2D eigenvalue weighted by Crippen LogP contribution is -2.32. The highest BCUT2D eigenvalue weighted by Crippen LogP contribution is 2.24. The zero-order valence-corrected chi connectivity index (χ0v) is 14.7. The van der Waals surface area contributed by atoms with E-state index in [1.54, 1.807) is 24.3 Å². The Morgan fingerprint density at radius 3 is 2.56 bits per heavy atom. The zero-order chi connectivity index (χ0) is 17.8. The van der Waals surface area contributed by atoms with Crippen molar-refractivity contribution in [2.75, 3.05) is 0 Å². The number of nitrogens with one attached hydrogen (secondary N) is 1. The fourth-order valence-electron chi connectivity index (χ4n) is 2.43. The van der Waals surface area contributed by atoms with Crippen molar-refractivity contribution in [2.24, 2.45) is 5.92 Å². The topological polar surface area (TPSA) is 68.0 Å². The molecule has 0 radical (unpaired) electrons. The first-order valence-electron chi connectivity index (χ1n) is 8.00. The molecule has 5 nitrogen and oxygen atoms in total. The first-order valence-corrected chi connectivity index (χ1v) is 8.38. The summed E-state index contributed by atoms with van der Waals surface area (Å²) in [6.45, 7) is 3.96. The highest BCUT2D eigenvalue weighted by atomic mass is 35.5. The molecule has 128 valence electrons. The fourth-order valence-corrected chi connectivity index (χ4v) is 2.62. The molecular weight excluding hydrogens is 338 g/mol. The largest absolute Gasteiger partial charge is 0.340 e. The highest BCUT2D eigenvalue weighted by Gasteiger charge is 2.25. The van der Waals surface area contributed by atoms with Crippen molar-refractivity contribution in [3.05, 3.63) is 71.1 Å². The number of carbonyl (C=O) groups is 1. The maximum absolute atomic E-state index is 12.5. The molecule has 2 aromatic carbocycles. The van der Waals surface area contributed by atoms with E-state index in [1.165, 1.54) is 0 Å². The van der Waals surface area contributed by atoms with E-state index in [9.17, 15) is 4.79 Å². The van der Waals surface area contributed by atoms with Crippen molar-refractivity contribution < 1.29 is 9.32 Å². The fraction of sp³-hybridized carbons (Fsp3) is 0.211. The predicted molar refractivity (Wildman–Crippen MR) is 96.2 cm³/mol. The maximum Gasteiger partial charge on any atom is 0.251 e. The van der Waals surface area contributed by atoms with Crippen LogP contribution in [0.1, 0.15) is 36.1 Å². The molecule has 0 fully saturated rings. The van der Waals surface area contributed by atoms with Gasteiger partial charge in [-0.1, -0.05) is 67.0 Å². The van der Waals surface area contributed by atoms with E-state index in [2.05, 4.69) is 15.5 Å². The summed E-state index contributed by atoms with van der Waals surface area (Å²) in [6, 6.07) is 16.0. The second kappa shape index (κ2) is 7.49. The molecule has 0 saturated carbocycles. The van der Waals surface area contributed by atoms with Crippen LogP contribution in [0.4, 0.5) is 0 Å². The van der Waals surface area contributed by atoms with Crippen LogP contribution < -0.4 is 5.32 Å². The minimum atomic E-state index is -0.392. The van der Waals surface area contributed by atoms with Crippen LogP contribution in [0, 0.1) is 5.92 Å². The van der Waals surface area contributed by atoms with Crippen molar-refractivity contribution in [3.63, 3.8) is 0 Å². The Hall–Kier alpha value is -2.66. The second-order valence-electron chi connectivity index (χ2n) is 6.03. The van der Waals surface area contributed by atoms with Gasteiger partial charge in [-0.05, 0) is 24.1 Å². The van der Waals surface area contributed by atoms with Gasteiger partial charge in [-0.3, -0.25) is 4.79 Å². The van der Waals surface area contributed by atoms with Crippen LogP contribution in [0.25, 0.3) is 11.4 Å². The quantitative estimate of drug-likeness (QED) is 0.730. The van der Waals surface area contributed by atoms with Gasteiger partial charge in [0.05, 0.1) is 0 Å². The van der Waals surface area contributed by atoms with Gasteiger partial charge in [0.2, 0.25) is 11.7 Å². The van der Waals surface area contributed by atoms with Gasteiger partial charge in [-0.15, -0.1) is 0 Å². The molecule has 0 spiro atoms. The molecule has 0 aliphatic carbocycles. The molecule has 1 N–H and O–H groups in total. The lowest BCUT2D eigenvalue weighted by atomic mass is 10.0. The Kier molecular flexibility index (Phi) is 5.14. The Labute approximate surface area is 151 Å². The third-order valence-corrected chi connectivity index (χ3v) is 4.01. The van der Waals surface area contributed by atoms with Crippen molar-refractivity contribution in [1.82, 2.24) is 15.5 Å². The third-order valence-electron chi connectivity index (χ3n) is 3.78. The van der Waals surface area contributed by atoms with Crippen molar-refractivity contribution >= 4 is 17.5 Å². The lowest BCUT2D eigenvalue weighted by molar-refractivity contribution is 0.0914. The highest BCUT2D eigenvalue weighted by molar-refractivity contribution is 6.30. The van der Waals surface area contributed by atoms with Gasteiger partial charge in [-0.2, -0.15) is 4.98 Å². The Morgan fingerprint density at radius 2 is 1.88 bits per heavy atom. The first kappa shape index (κ1) is 17.2. The normalized spacial score (nSPS) is 12.2. The molecule has 1 atom stereocenters. The van der Waals surface area contributed by atoms with Gasteiger partial charge in [0.25, 0.3) is 5.91 Å². The summed E-state index contributed by atoms with van der Waals surface area (Å²) in [5.41, 5.74) is 1.35. The van der Waals surface area contributed by atoms with Crippen LogP contribution in [0.15, 0.2) is 59.1 Å². The monoisotopic (exact) mass is 355 g/mol. The summed E-state index contributed by atoms with van der Waals surface area (Å²) in [5, 5.41) is 7.48. The molecule has 1 unspecified atom stereocenters. The molecular formula is C19H18ClN3O2. The van der Waals surface area contributed by atoms with E-state index in [0.717, 1.165) is 5.56 Å². The molecule has 3 aromatic rings. The minimum absolute atomic E-state index is 0.0761. The molecule has 6 heteroatoms. The van der Waals surface area contributed by atoms with E-state index in [0.29, 0.717) is 22.3 Å². The first-order chi connectivity index (χ1) is 12.0. The van der Waals surface area contributed by atoms with Gasteiger partial charge >= 0.3 is 0 Å². The third kappa shape index (κ3) is 4.06. The molecule has 0 aliphatic heterocycles. The summed E-state index contributed by atoms with van der Waals surface area (Å²) >= 11 is 5.96. The number of rotatable bonds is 5. The standard InChI is InChI=1S/C19H18ClN3O2/c1-12(2)16(21-18(24)14-9-6-10-15(20)11-14)19-22-17(23-25-19)13-7-4-3-5-8-13/h3-12,16H,1-2H3,(H,21,24). The Balaban J connectivity index is 1.82. The van der Waals surface area contributed by atoms with Crippen LogP contribution in [0.3, 0.4) is 0 Å². The van der Waals surface area contributed by atoms with Gasteiger partial charge in [0.1, 0.15) is 6.04 Å². The Bertz CT molecular complexity index is 862. The number of benzene rings is 2. The molecule has 1 aromatic heterocycles. The van der Waals surface area contributed by atoms with Crippen molar-refractivity contribution in [1.29, 1.82) is 0 Å². The van der Waals surface area contributed by atoms with E-state index in [1.807, 2.05) is 44.2 Å². The summed E-state index contributed by atoms with van der Waals surface area (Å²) < 4.78 is 5.40. The van der Waals surface area contributed by atoms with E-state index >= 15 is 0 Å². The molecule has 1 amide bonds. The zero-order valence-electron chi connectivity index (χ0n) is 13.9. The molecule has 0 bridgehead atoms. The van der Waals surface area contributed by atoms with Crippen LogP contribution >= 0.6 is 11.6 Å². The maximum atomic E-state index is 12.5.